The molecule has 2 amide bonds. The van der Waals surface area contributed by atoms with Gasteiger partial charge in [-0.2, -0.15) is 0 Å². The molecule has 2 aromatic carbocycles. The summed E-state index contributed by atoms with van der Waals surface area (Å²) in [7, 11) is 4.67. The minimum atomic E-state index is -0.470. The Morgan fingerprint density at radius 1 is 1.03 bits per heavy atom. The molecule has 176 valence electrons. The first kappa shape index (κ1) is 23.0. The zero-order valence-electron chi connectivity index (χ0n) is 19.6. The van der Waals surface area contributed by atoms with Gasteiger partial charge in [-0.25, -0.2) is 0 Å². The molecule has 0 unspecified atom stereocenters. The zero-order valence-corrected chi connectivity index (χ0v) is 19.6. The highest BCUT2D eigenvalue weighted by Gasteiger charge is 2.35. The average Bonchev–Trinajstić information content (AvgIpc) is 3.18. The second-order valence-corrected chi connectivity index (χ2v) is 8.67. The summed E-state index contributed by atoms with van der Waals surface area (Å²) < 4.78 is 16.5. The molecule has 2 aromatic rings. The Kier molecular flexibility index (Phi) is 7.06. The van der Waals surface area contributed by atoms with Gasteiger partial charge in [0.25, 0.3) is 5.91 Å². The van der Waals surface area contributed by atoms with E-state index in [-0.39, 0.29) is 24.3 Å². The van der Waals surface area contributed by atoms with Crippen molar-refractivity contribution in [2.24, 2.45) is 0 Å². The third-order valence-electron chi connectivity index (χ3n) is 6.65. The van der Waals surface area contributed by atoms with E-state index in [4.69, 9.17) is 14.2 Å². The molecule has 7 heteroatoms. The van der Waals surface area contributed by atoms with Gasteiger partial charge in [0.15, 0.2) is 11.5 Å². The van der Waals surface area contributed by atoms with E-state index >= 15 is 0 Å². The summed E-state index contributed by atoms with van der Waals surface area (Å²) in [5.41, 5.74) is 2.42. The van der Waals surface area contributed by atoms with Crippen molar-refractivity contribution in [3.8, 4) is 17.2 Å². The molecule has 1 aliphatic carbocycles. The number of ether oxygens (including phenoxy) is 3. The number of hydrogen-bond acceptors (Lipinski definition) is 5. The summed E-state index contributed by atoms with van der Waals surface area (Å²) in [5, 5.41) is 3.19. The first-order chi connectivity index (χ1) is 16.0. The fraction of sp³-hybridized carbons (Fsp3) is 0.462. The topological polar surface area (TPSA) is 77.1 Å². The highest BCUT2D eigenvalue weighted by atomic mass is 16.5. The van der Waals surface area contributed by atoms with Crippen LogP contribution in [0.4, 0.5) is 0 Å². The SMILES string of the molecule is COc1cc([C@H](CC(=O)NC2CCCCC2)N2Cc3ccccc3C2=O)cc(OC)c1OC. The lowest BCUT2D eigenvalue weighted by Gasteiger charge is -2.30. The number of benzene rings is 2. The molecule has 0 saturated heterocycles. The van der Waals surface area contributed by atoms with Crippen LogP contribution in [0.15, 0.2) is 36.4 Å². The smallest absolute Gasteiger partial charge is 0.255 e. The van der Waals surface area contributed by atoms with Gasteiger partial charge in [-0.3, -0.25) is 9.59 Å². The van der Waals surface area contributed by atoms with Crippen molar-refractivity contribution in [1.29, 1.82) is 0 Å². The Hall–Kier alpha value is -3.22. The number of nitrogens with zero attached hydrogens (tertiary/aromatic N) is 1. The molecule has 1 atom stereocenters. The highest BCUT2D eigenvalue weighted by Crippen LogP contribution is 2.43. The van der Waals surface area contributed by atoms with Crippen LogP contribution in [-0.2, 0) is 11.3 Å². The molecule has 1 N–H and O–H groups in total. The van der Waals surface area contributed by atoms with Crippen LogP contribution in [0, 0.1) is 0 Å². The van der Waals surface area contributed by atoms with Gasteiger partial charge in [-0.15, -0.1) is 0 Å². The molecule has 0 bridgehead atoms. The molecule has 1 aliphatic heterocycles. The van der Waals surface area contributed by atoms with Gasteiger partial charge in [0, 0.05) is 18.2 Å². The fourth-order valence-corrected chi connectivity index (χ4v) is 4.94. The first-order valence-corrected chi connectivity index (χ1v) is 11.5. The van der Waals surface area contributed by atoms with E-state index in [1.165, 1.54) is 6.42 Å². The monoisotopic (exact) mass is 452 g/mol. The summed E-state index contributed by atoms with van der Waals surface area (Å²) in [6, 6.07) is 11.0. The van der Waals surface area contributed by atoms with Crippen LogP contribution in [-0.4, -0.2) is 44.1 Å². The van der Waals surface area contributed by atoms with E-state index in [0.717, 1.165) is 36.8 Å². The largest absolute Gasteiger partial charge is 0.493 e. The standard InChI is InChI=1S/C26H32N2O5/c1-31-22-13-18(14-23(32-2)25(22)33-3)21(15-24(29)27-19-10-5-4-6-11-19)28-16-17-9-7-8-12-20(17)26(28)30/h7-9,12-14,19,21H,4-6,10-11,15-16H2,1-3H3,(H,27,29)/t21-/m0/s1. The number of amides is 2. The van der Waals surface area contributed by atoms with Crippen molar-refractivity contribution in [2.45, 2.75) is 57.2 Å². The number of methoxy groups -OCH3 is 3. The first-order valence-electron chi connectivity index (χ1n) is 11.5. The number of carbonyl (C=O) groups excluding carboxylic acids is 2. The lowest BCUT2D eigenvalue weighted by molar-refractivity contribution is -0.123. The van der Waals surface area contributed by atoms with Gasteiger partial charge in [0.05, 0.1) is 33.8 Å². The minimum absolute atomic E-state index is 0.0515. The summed E-state index contributed by atoms with van der Waals surface area (Å²) >= 11 is 0. The van der Waals surface area contributed by atoms with Gasteiger partial charge in [-0.1, -0.05) is 37.5 Å². The molecule has 33 heavy (non-hydrogen) atoms. The predicted molar refractivity (Wildman–Crippen MR) is 125 cm³/mol. The molecule has 0 spiro atoms. The number of fused-ring (bicyclic) bond motifs is 1. The summed E-state index contributed by atoms with van der Waals surface area (Å²) in [6.45, 7) is 0.451. The van der Waals surface area contributed by atoms with Crippen molar-refractivity contribution in [1.82, 2.24) is 10.2 Å². The van der Waals surface area contributed by atoms with Gasteiger partial charge in [0.1, 0.15) is 0 Å². The number of nitrogens with one attached hydrogen (secondary N) is 1. The number of hydrogen-bond donors (Lipinski definition) is 1. The Bertz CT molecular complexity index is 990. The quantitative estimate of drug-likeness (QED) is 0.648. The summed E-state index contributed by atoms with van der Waals surface area (Å²) in [4.78, 5) is 28.2. The maximum atomic E-state index is 13.3. The molecule has 4 rings (SSSR count). The van der Waals surface area contributed by atoms with Crippen molar-refractivity contribution < 1.29 is 23.8 Å². The van der Waals surface area contributed by atoms with E-state index in [1.807, 2.05) is 36.4 Å². The Morgan fingerprint density at radius 3 is 2.30 bits per heavy atom. The predicted octanol–water partition coefficient (Wildman–Crippen LogP) is 4.25. The molecular formula is C26H32N2O5. The van der Waals surface area contributed by atoms with E-state index in [2.05, 4.69) is 5.32 Å². The second kappa shape index (κ2) is 10.1. The van der Waals surface area contributed by atoms with Crippen molar-refractivity contribution in [3.05, 3.63) is 53.1 Å². The number of rotatable bonds is 8. The van der Waals surface area contributed by atoms with Gasteiger partial charge in [-0.05, 0) is 42.2 Å². The van der Waals surface area contributed by atoms with Crippen LogP contribution in [0.3, 0.4) is 0 Å². The number of carbonyl (C=O) groups is 2. The Balaban J connectivity index is 1.67. The minimum Gasteiger partial charge on any atom is -0.493 e. The summed E-state index contributed by atoms with van der Waals surface area (Å²) in [6.07, 6.45) is 5.68. The molecule has 1 heterocycles. The van der Waals surface area contributed by atoms with Crippen LogP contribution in [0.5, 0.6) is 17.2 Å². The average molecular weight is 453 g/mol. The van der Waals surface area contributed by atoms with Gasteiger partial charge < -0.3 is 24.4 Å². The van der Waals surface area contributed by atoms with Gasteiger partial charge in [0.2, 0.25) is 11.7 Å². The lowest BCUT2D eigenvalue weighted by Crippen LogP contribution is -2.39. The van der Waals surface area contributed by atoms with Crippen molar-refractivity contribution in [2.75, 3.05) is 21.3 Å². The molecule has 7 nitrogen and oxygen atoms in total. The molecule has 1 saturated carbocycles. The molecular weight excluding hydrogens is 420 g/mol. The zero-order chi connectivity index (χ0) is 23.4. The van der Waals surface area contributed by atoms with Crippen LogP contribution in [0.25, 0.3) is 0 Å². The van der Waals surface area contributed by atoms with E-state index in [1.54, 1.807) is 26.2 Å². The van der Waals surface area contributed by atoms with Crippen LogP contribution in [0.1, 0.15) is 66.1 Å². The van der Waals surface area contributed by atoms with E-state index in [0.29, 0.717) is 29.4 Å². The van der Waals surface area contributed by atoms with E-state index in [9.17, 15) is 9.59 Å². The van der Waals surface area contributed by atoms with E-state index < -0.39 is 6.04 Å². The fourth-order valence-electron chi connectivity index (χ4n) is 4.94. The molecule has 1 fully saturated rings. The maximum Gasteiger partial charge on any atom is 0.255 e. The molecule has 0 aromatic heterocycles. The highest BCUT2D eigenvalue weighted by molar-refractivity contribution is 5.99. The van der Waals surface area contributed by atoms with Gasteiger partial charge >= 0.3 is 0 Å². The second-order valence-electron chi connectivity index (χ2n) is 8.67. The maximum absolute atomic E-state index is 13.3. The normalized spacial score (nSPS) is 16.8. The van der Waals surface area contributed by atoms with Crippen LogP contribution < -0.4 is 19.5 Å². The third kappa shape index (κ3) is 4.77. The molecule has 0 radical (unpaired) electrons. The third-order valence-corrected chi connectivity index (χ3v) is 6.65. The van der Waals surface area contributed by atoms with Crippen LogP contribution >= 0.6 is 0 Å². The molecule has 2 aliphatic rings. The summed E-state index contributed by atoms with van der Waals surface area (Å²) in [5.74, 6) is 1.34. The lowest BCUT2D eigenvalue weighted by atomic mass is 9.94. The Morgan fingerprint density at radius 2 is 1.70 bits per heavy atom. The van der Waals surface area contributed by atoms with Crippen molar-refractivity contribution >= 4 is 11.8 Å². The Labute approximate surface area is 195 Å². The van der Waals surface area contributed by atoms with Crippen LogP contribution in [0.2, 0.25) is 0 Å². The van der Waals surface area contributed by atoms with Crippen molar-refractivity contribution in [3.63, 3.8) is 0 Å².